The smallest absolute Gasteiger partial charge is 0.325 e. The molecule has 0 saturated heterocycles. The molecule has 0 aliphatic carbocycles. The highest BCUT2D eigenvalue weighted by Crippen LogP contribution is 2.33. The SMILES string of the molecule is CC(N)=O.Cc1ccc(-c2nc(N(C(N)=O)c3c(F)cccc3F)ccc2CO)c(F)c1. The zero-order chi connectivity index (χ0) is 24.0. The second kappa shape index (κ2) is 10.4. The Morgan fingerprint density at radius 2 is 1.59 bits per heavy atom. The van der Waals surface area contributed by atoms with Crippen molar-refractivity contribution < 1.29 is 27.9 Å². The summed E-state index contributed by atoms with van der Waals surface area (Å²) in [6, 6.07) is 8.95. The van der Waals surface area contributed by atoms with Gasteiger partial charge in [0.2, 0.25) is 5.91 Å². The number of aryl methyl sites for hydroxylation is 1. The van der Waals surface area contributed by atoms with Gasteiger partial charge in [-0.1, -0.05) is 18.2 Å². The molecule has 3 amide bonds. The molecule has 0 atom stereocenters. The van der Waals surface area contributed by atoms with Crippen LogP contribution >= 0.6 is 0 Å². The Bertz CT molecular complexity index is 1130. The van der Waals surface area contributed by atoms with E-state index < -0.39 is 35.8 Å². The molecule has 7 nitrogen and oxygen atoms in total. The number of amides is 3. The predicted octanol–water partition coefficient (Wildman–Crippen LogP) is 3.68. The summed E-state index contributed by atoms with van der Waals surface area (Å²) >= 11 is 0. The minimum Gasteiger partial charge on any atom is -0.392 e. The molecule has 168 valence electrons. The van der Waals surface area contributed by atoms with E-state index in [2.05, 4.69) is 10.7 Å². The molecule has 0 fully saturated rings. The maximum Gasteiger partial charge on any atom is 0.325 e. The molecule has 1 heterocycles. The fourth-order valence-electron chi connectivity index (χ4n) is 2.82. The fraction of sp³-hybridized carbons (Fsp3) is 0.136. The predicted molar refractivity (Wildman–Crippen MR) is 113 cm³/mol. The van der Waals surface area contributed by atoms with Gasteiger partial charge in [-0.2, -0.15) is 0 Å². The molecule has 2 aromatic carbocycles. The van der Waals surface area contributed by atoms with Gasteiger partial charge >= 0.3 is 6.03 Å². The quantitative estimate of drug-likeness (QED) is 0.566. The van der Waals surface area contributed by atoms with Crippen molar-refractivity contribution in [1.29, 1.82) is 0 Å². The number of primary amides is 2. The Balaban J connectivity index is 0.000000837. The number of anilines is 2. The molecule has 0 aliphatic rings. The van der Waals surface area contributed by atoms with E-state index in [0.29, 0.717) is 10.5 Å². The number of nitrogens with zero attached hydrogens (tertiary/aromatic N) is 2. The number of benzene rings is 2. The third-order valence-corrected chi connectivity index (χ3v) is 4.12. The number of urea groups is 1. The van der Waals surface area contributed by atoms with Crippen LogP contribution in [0.3, 0.4) is 0 Å². The lowest BCUT2D eigenvalue weighted by atomic mass is 10.0. The zero-order valence-electron chi connectivity index (χ0n) is 17.3. The minimum absolute atomic E-state index is 0.0282. The Labute approximate surface area is 182 Å². The maximum absolute atomic E-state index is 14.4. The van der Waals surface area contributed by atoms with Gasteiger partial charge in [-0.15, -0.1) is 0 Å². The Morgan fingerprint density at radius 3 is 2.09 bits per heavy atom. The third-order valence-electron chi connectivity index (χ3n) is 4.12. The van der Waals surface area contributed by atoms with E-state index in [4.69, 9.17) is 5.73 Å². The van der Waals surface area contributed by atoms with Crippen LogP contribution in [0.1, 0.15) is 18.1 Å². The summed E-state index contributed by atoms with van der Waals surface area (Å²) in [6.45, 7) is 2.56. The molecule has 32 heavy (non-hydrogen) atoms. The van der Waals surface area contributed by atoms with E-state index in [0.717, 1.165) is 18.2 Å². The van der Waals surface area contributed by atoms with Gasteiger partial charge in [0.1, 0.15) is 29.0 Å². The van der Waals surface area contributed by atoms with Crippen LogP contribution in [0.4, 0.5) is 29.5 Å². The number of pyridine rings is 1. The summed E-state index contributed by atoms with van der Waals surface area (Å²) in [5, 5.41) is 9.58. The maximum atomic E-state index is 14.4. The standard InChI is InChI=1S/C20H16F3N3O2.C2H5NO/c1-11-5-7-13(16(23)9-11)18-12(10-27)6-8-17(25-18)26(20(24)28)19-14(21)3-2-4-15(19)22;1-2(3)4/h2-9,27H,10H2,1H3,(H2,24,28);1H3,(H2,3,4). The van der Waals surface area contributed by atoms with Crippen LogP contribution < -0.4 is 16.4 Å². The van der Waals surface area contributed by atoms with Crippen molar-refractivity contribution in [3.8, 4) is 11.3 Å². The molecular weight excluding hydrogens is 425 g/mol. The van der Waals surface area contributed by atoms with Gasteiger partial charge in [0.15, 0.2) is 0 Å². The number of halogens is 3. The van der Waals surface area contributed by atoms with Crippen molar-refractivity contribution in [3.05, 3.63) is 77.1 Å². The van der Waals surface area contributed by atoms with Crippen molar-refractivity contribution in [1.82, 2.24) is 4.98 Å². The Morgan fingerprint density at radius 1 is 1.00 bits per heavy atom. The number of aliphatic hydroxyl groups is 1. The Kier molecular flexibility index (Phi) is 7.92. The first-order valence-corrected chi connectivity index (χ1v) is 9.23. The second-order valence-corrected chi connectivity index (χ2v) is 6.67. The molecule has 10 heteroatoms. The van der Waals surface area contributed by atoms with E-state index in [9.17, 15) is 27.9 Å². The molecule has 0 bridgehead atoms. The molecule has 1 aromatic heterocycles. The van der Waals surface area contributed by atoms with Gasteiger partial charge in [-0.05, 0) is 42.8 Å². The van der Waals surface area contributed by atoms with Gasteiger partial charge in [-0.25, -0.2) is 27.8 Å². The number of rotatable bonds is 4. The molecule has 0 saturated carbocycles. The van der Waals surface area contributed by atoms with Crippen LogP contribution in [0.2, 0.25) is 0 Å². The van der Waals surface area contributed by atoms with Crippen molar-refractivity contribution in [2.24, 2.45) is 11.5 Å². The number of hydrogen-bond donors (Lipinski definition) is 3. The Hall–Kier alpha value is -3.92. The van der Waals surface area contributed by atoms with Gasteiger partial charge in [0, 0.05) is 18.1 Å². The molecule has 0 aliphatic heterocycles. The van der Waals surface area contributed by atoms with Crippen LogP contribution in [0, 0.1) is 24.4 Å². The van der Waals surface area contributed by atoms with Gasteiger partial charge in [-0.3, -0.25) is 4.79 Å². The topological polar surface area (TPSA) is 123 Å². The first kappa shape index (κ1) is 24.4. The third kappa shape index (κ3) is 5.61. The number of nitrogens with two attached hydrogens (primary N) is 2. The van der Waals surface area contributed by atoms with E-state index in [1.165, 1.54) is 31.2 Å². The lowest BCUT2D eigenvalue weighted by molar-refractivity contribution is -0.115. The van der Waals surface area contributed by atoms with E-state index >= 15 is 0 Å². The highest BCUT2D eigenvalue weighted by molar-refractivity contribution is 5.98. The second-order valence-electron chi connectivity index (χ2n) is 6.67. The molecular formula is C22H21F3N4O3. The number of aromatic nitrogens is 1. The fourth-order valence-corrected chi connectivity index (χ4v) is 2.82. The molecule has 0 unspecified atom stereocenters. The van der Waals surface area contributed by atoms with Gasteiger partial charge in [0.25, 0.3) is 0 Å². The lowest BCUT2D eigenvalue weighted by Crippen LogP contribution is -2.33. The molecule has 3 rings (SSSR count). The van der Waals surface area contributed by atoms with Crippen LogP contribution in [0.15, 0.2) is 48.5 Å². The van der Waals surface area contributed by atoms with Crippen LogP contribution in [0.25, 0.3) is 11.3 Å². The van der Waals surface area contributed by atoms with Crippen molar-refractivity contribution in [3.63, 3.8) is 0 Å². The molecule has 0 spiro atoms. The van der Waals surface area contributed by atoms with Crippen LogP contribution in [-0.4, -0.2) is 22.0 Å². The molecule has 3 aromatic rings. The number of aliphatic hydroxyl groups excluding tert-OH is 1. The van der Waals surface area contributed by atoms with E-state index in [-0.39, 0.29) is 28.5 Å². The zero-order valence-corrected chi connectivity index (χ0v) is 17.3. The van der Waals surface area contributed by atoms with E-state index in [1.807, 2.05) is 0 Å². The summed E-state index contributed by atoms with van der Waals surface area (Å²) in [7, 11) is 0. The van der Waals surface area contributed by atoms with E-state index in [1.54, 1.807) is 13.0 Å². The normalized spacial score (nSPS) is 10.2. The summed E-state index contributed by atoms with van der Waals surface area (Å²) in [4.78, 5) is 25.9. The van der Waals surface area contributed by atoms with Crippen LogP contribution in [-0.2, 0) is 11.4 Å². The van der Waals surface area contributed by atoms with Gasteiger partial charge < -0.3 is 16.6 Å². The van der Waals surface area contributed by atoms with Gasteiger partial charge in [0.05, 0.1) is 12.3 Å². The average Bonchev–Trinajstić information content (AvgIpc) is 2.70. The molecule has 0 radical (unpaired) electrons. The summed E-state index contributed by atoms with van der Waals surface area (Å²) in [5.74, 6) is -3.18. The largest absolute Gasteiger partial charge is 0.392 e. The first-order chi connectivity index (χ1) is 15.1. The average molecular weight is 446 g/mol. The lowest BCUT2D eigenvalue weighted by Gasteiger charge is -2.22. The van der Waals surface area contributed by atoms with Crippen molar-refractivity contribution >= 4 is 23.4 Å². The number of para-hydroxylation sites is 1. The van der Waals surface area contributed by atoms with Crippen molar-refractivity contribution in [2.45, 2.75) is 20.5 Å². The van der Waals surface area contributed by atoms with Crippen molar-refractivity contribution in [2.75, 3.05) is 4.90 Å². The van der Waals surface area contributed by atoms with Crippen LogP contribution in [0.5, 0.6) is 0 Å². The minimum atomic E-state index is -1.18. The molecule has 5 N–H and O–H groups in total. The highest BCUT2D eigenvalue weighted by atomic mass is 19.1. The summed E-state index contributed by atoms with van der Waals surface area (Å²) < 4.78 is 42.9. The summed E-state index contributed by atoms with van der Waals surface area (Å²) in [6.07, 6.45) is 0. The number of hydrogen-bond acceptors (Lipinski definition) is 4. The monoisotopic (exact) mass is 446 g/mol. The first-order valence-electron chi connectivity index (χ1n) is 9.23. The number of carbonyl (C=O) groups excluding carboxylic acids is 2. The highest BCUT2D eigenvalue weighted by Gasteiger charge is 2.25. The summed E-state index contributed by atoms with van der Waals surface area (Å²) in [5.41, 5.74) is 10.1. The number of carbonyl (C=O) groups is 2.